The number of amides is 2. The highest BCUT2D eigenvalue weighted by atomic mass is 16.2. The number of carbonyl (C=O) groups is 1. The van der Waals surface area contributed by atoms with E-state index in [0.717, 1.165) is 49.5 Å². The Bertz CT molecular complexity index is 661. The van der Waals surface area contributed by atoms with Gasteiger partial charge in [-0.2, -0.15) is 0 Å². The zero-order valence-corrected chi connectivity index (χ0v) is 14.4. The lowest BCUT2D eigenvalue weighted by atomic mass is 9.90. The molecule has 1 saturated heterocycles. The Balaban J connectivity index is 1.43. The van der Waals surface area contributed by atoms with Gasteiger partial charge in [-0.15, -0.1) is 0 Å². The molecule has 1 N–H and O–H groups in total. The molecule has 0 aromatic heterocycles. The lowest BCUT2D eigenvalue weighted by Gasteiger charge is -2.32. The Morgan fingerprint density at radius 2 is 1.83 bits per heavy atom. The van der Waals surface area contributed by atoms with Gasteiger partial charge in [0.2, 0.25) is 0 Å². The summed E-state index contributed by atoms with van der Waals surface area (Å²) in [5, 5.41) is 3.01. The zero-order valence-electron chi connectivity index (χ0n) is 14.4. The van der Waals surface area contributed by atoms with Crippen molar-refractivity contribution in [1.82, 2.24) is 4.90 Å². The molecule has 2 aromatic rings. The fourth-order valence-corrected chi connectivity index (χ4v) is 3.37. The summed E-state index contributed by atoms with van der Waals surface area (Å²) in [7, 11) is 0. The number of aryl methyl sites for hydroxylation is 2. The van der Waals surface area contributed by atoms with E-state index >= 15 is 0 Å². The molecule has 0 aliphatic carbocycles. The van der Waals surface area contributed by atoms with Crippen LogP contribution in [0.1, 0.15) is 30.4 Å². The number of piperidine rings is 1. The lowest BCUT2D eigenvalue weighted by Crippen LogP contribution is -2.41. The second-order valence-electron chi connectivity index (χ2n) is 6.75. The van der Waals surface area contributed by atoms with Crippen molar-refractivity contribution in [3.8, 4) is 0 Å². The van der Waals surface area contributed by atoms with E-state index in [2.05, 4.69) is 35.6 Å². The summed E-state index contributed by atoms with van der Waals surface area (Å²) in [6, 6.07) is 18.7. The molecule has 1 heterocycles. The maximum absolute atomic E-state index is 12.4. The first-order chi connectivity index (χ1) is 11.7. The Morgan fingerprint density at radius 1 is 1.08 bits per heavy atom. The average Bonchev–Trinajstić information content (AvgIpc) is 2.61. The Labute approximate surface area is 144 Å². The van der Waals surface area contributed by atoms with Crippen molar-refractivity contribution in [2.45, 2.75) is 32.6 Å². The number of benzene rings is 2. The molecular weight excluding hydrogens is 296 g/mol. The summed E-state index contributed by atoms with van der Waals surface area (Å²) in [6.45, 7) is 3.75. The molecule has 3 heteroatoms. The van der Waals surface area contributed by atoms with Crippen molar-refractivity contribution in [3.05, 3.63) is 65.7 Å². The molecule has 1 aliphatic rings. The fourth-order valence-electron chi connectivity index (χ4n) is 3.37. The number of urea groups is 1. The van der Waals surface area contributed by atoms with E-state index in [1.165, 1.54) is 12.0 Å². The number of rotatable bonds is 4. The van der Waals surface area contributed by atoms with Crippen LogP contribution in [0.5, 0.6) is 0 Å². The predicted octanol–water partition coefficient (Wildman–Crippen LogP) is 4.87. The lowest BCUT2D eigenvalue weighted by molar-refractivity contribution is 0.180. The smallest absolute Gasteiger partial charge is 0.321 e. The molecule has 0 spiro atoms. The number of anilines is 1. The molecule has 126 valence electrons. The molecule has 0 radical (unpaired) electrons. The summed E-state index contributed by atoms with van der Waals surface area (Å²) in [5.74, 6) is 0.730. The zero-order chi connectivity index (χ0) is 16.8. The van der Waals surface area contributed by atoms with Crippen LogP contribution in [0.25, 0.3) is 0 Å². The molecule has 1 fully saturated rings. The van der Waals surface area contributed by atoms with Crippen molar-refractivity contribution in [2.75, 3.05) is 18.4 Å². The standard InChI is InChI=1S/C21H26N2O/c1-17-6-5-9-20(16-17)22-21(24)23-14-12-19(13-15-23)11-10-18-7-3-2-4-8-18/h2-9,16,19H,10-15H2,1H3,(H,22,24). The Hall–Kier alpha value is -2.29. The molecule has 1 aliphatic heterocycles. The number of nitrogens with zero attached hydrogens (tertiary/aromatic N) is 1. The molecule has 0 bridgehead atoms. The van der Waals surface area contributed by atoms with Crippen molar-refractivity contribution in [3.63, 3.8) is 0 Å². The van der Waals surface area contributed by atoms with Gasteiger partial charge in [-0.25, -0.2) is 4.79 Å². The van der Waals surface area contributed by atoms with Crippen molar-refractivity contribution >= 4 is 11.7 Å². The molecule has 0 saturated carbocycles. The van der Waals surface area contributed by atoms with Gasteiger partial charge in [-0.3, -0.25) is 0 Å². The molecule has 2 amide bonds. The van der Waals surface area contributed by atoms with Crippen LogP contribution >= 0.6 is 0 Å². The third-order valence-corrected chi connectivity index (χ3v) is 4.86. The number of hydrogen-bond acceptors (Lipinski definition) is 1. The van der Waals surface area contributed by atoms with E-state index in [9.17, 15) is 4.79 Å². The quantitative estimate of drug-likeness (QED) is 0.855. The second kappa shape index (κ2) is 8.00. The van der Waals surface area contributed by atoms with Crippen LogP contribution in [0.3, 0.4) is 0 Å². The van der Waals surface area contributed by atoms with E-state index in [0.29, 0.717) is 0 Å². The second-order valence-corrected chi connectivity index (χ2v) is 6.75. The summed E-state index contributed by atoms with van der Waals surface area (Å²) >= 11 is 0. The third kappa shape index (κ3) is 4.60. The van der Waals surface area contributed by atoms with Gasteiger partial charge in [-0.05, 0) is 61.8 Å². The first-order valence-corrected chi connectivity index (χ1v) is 8.87. The van der Waals surface area contributed by atoms with E-state index in [4.69, 9.17) is 0 Å². The summed E-state index contributed by atoms with van der Waals surface area (Å²) in [5.41, 5.74) is 3.45. The first-order valence-electron chi connectivity index (χ1n) is 8.87. The molecule has 3 nitrogen and oxygen atoms in total. The van der Waals surface area contributed by atoms with E-state index in [1.54, 1.807) is 0 Å². The van der Waals surface area contributed by atoms with Gasteiger partial charge in [0, 0.05) is 18.8 Å². The largest absolute Gasteiger partial charge is 0.325 e. The van der Waals surface area contributed by atoms with Gasteiger partial charge in [-0.1, -0.05) is 42.5 Å². The van der Waals surface area contributed by atoms with Crippen molar-refractivity contribution in [2.24, 2.45) is 5.92 Å². The fraction of sp³-hybridized carbons (Fsp3) is 0.381. The van der Waals surface area contributed by atoms with Crippen LogP contribution in [0, 0.1) is 12.8 Å². The van der Waals surface area contributed by atoms with Gasteiger partial charge >= 0.3 is 6.03 Å². The highest BCUT2D eigenvalue weighted by Gasteiger charge is 2.22. The molecule has 0 atom stereocenters. The van der Waals surface area contributed by atoms with Crippen molar-refractivity contribution in [1.29, 1.82) is 0 Å². The monoisotopic (exact) mass is 322 g/mol. The van der Waals surface area contributed by atoms with Crippen LogP contribution in [-0.4, -0.2) is 24.0 Å². The van der Waals surface area contributed by atoms with Gasteiger partial charge in [0.25, 0.3) is 0 Å². The minimum Gasteiger partial charge on any atom is -0.325 e. The predicted molar refractivity (Wildman–Crippen MR) is 99.3 cm³/mol. The highest BCUT2D eigenvalue weighted by Crippen LogP contribution is 2.23. The summed E-state index contributed by atoms with van der Waals surface area (Å²) in [6.07, 6.45) is 4.57. The van der Waals surface area contributed by atoms with Crippen LogP contribution in [0.2, 0.25) is 0 Å². The molecule has 0 unspecified atom stereocenters. The summed E-state index contributed by atoms with van der Waals surface area (Å²) in [4.78, 5) is 14.3. The van der Waals surface area contributed by atoms with E-state index in [1.807, 2.05) is 36.1 Å². The van der Waals surface area contributed by atoms with Crippen LogP contribution in [-0.2, 0) is 6.42 Å². The maximum atomic E-state index is 12.4. The van der Waals surface area contributed by atoms with Crippen LogP contribution < -0.4 is 5.32 Å². The highest BCUT2D eigenvalue weighted by molar-refractivity contribution is 5.89. The van der Waals surface area contributed by atoms with Crippen LogP contribution in [0.15, 0.2) is 54.6 Å². The molecule has 24 heavy (non-hydrogen) atoms. The minimum atomic E-state index is 0.0297. The molecular formula is C21H26N2O. The number of nitrogens with one attached hydrogen (secondary N) is 1. The summed E-state index contributed by atoms with van der Waals surface area (Å²) < 4.78 is 0. The Morgan fingerprint density at radius 3 is 2.54 bits per heavy atom. The SMILES string of the molecule is Cc1cccc(NC(=O)N2CCC(CCc3ccccc3)CC2)c1. The maximum Gasteiger partial charge on any atom is 0.321 e. The number of likely N-dealkylation sites (tertiary alicyclic amines) is 1. The van der Waals surface area contributed by atoms with E-state index in [-0.39, 0.29) is 6.03 Å². The number of hydrogen-bond donors (Lipinski definition) is 1. The van der Waals surface area contributed by atoms with Crippen molar-refractivity contribution < 1.29 is 4.79 Å². The Kier molecular flexibility index (Phi) is 5.52. The van der Waals surface area contributed by atoms with Gasteiger partial charge in [0.1, 0.15) is 0 Å². The molecule has 3 rings (SSSR count). The van der Waals surface area contributed by atoms with Gasteiger partial charge < -0.3 is 10.2 Å². The third-order valence-electron chi connectivity index (χ3n) is 4.86. The van der Waals surface area contributed by atoms with Gasteiger partial charge in [0.05, 0.1) is 0 Å². The average molecular weight is 322 g/mol. The van der Waals surface area contributed by atoms with Crippen LogP contribution in [0.4, 0.5) is 10.5 Å². The van der Waals surface area contributed by atoms with E-state index < -0.39 is 0 Å². The van der Waals surface area contributed by atoms with Gasteiger partial charge in [0.15, 0.2) is 0 Å². The molecule has 2 aromatic carbocycles. The number of carbonyl (C=O) groups excluding carboxylic acids is 1. The minimum absolute atomic E-state index is 0.0297. The topological polar surface area (TPSA) is 32.3 Å². The first kappa shape index (κ1) is 16.6. The normalized spacial score (nSPS) is 15.3.